The highest BCUT2D eigenvalue weighted by Gasteiger charge is 2.11. The number of H-pyrrole nitrogens is 1. The van der Waals surface area contributed by atoms with Crippen LogP contribution < -0.4 is 4.74 Å². The fraction of sp³-hybridized carbons (Fsp3) is 0.0833. The van der Waals surface area contributed by atoms with Crippen LogP contribution in [0.5, 0.6) is 5.88 Å². The molecule has 2 aromatic heterocycles. The smallest absolute Gasteiger partial charge is 0.388 e. The first-order valence-corrected chi connectivity index (χ1v) is 5.92. The van der Waals surface area contributed by atoms with Gasteiger partial charge in [-0.05, 0) is 12.1 Å². The summed E-state index contributed by atoms with van der Waals surface area (Å²) in [4.78, 5) is 14.9. The van der Waals surface area contributed by atoms with Gasteiger partial charge in [0.15, 0.2) is 0 Å². The van der Waals surface area contributed by atoms with Crippen molar-refractivity contribution in [2.24, 2.45) is 0 Å². The van der Waals surface area contributed by atoms with E-state index < -0.39 is 6.61 Å². The average Bonchev–Trinajstić information content (AvgIpc) is 2.90. The van der Waals surface area contributed by atoms with Crippen LogP contribution in [-0.2, 0) is 0 Å². The number of fused-ring (bicyclic) bond motifs is 1. The topological polar surface area (TPSA) is 63.7 Å². The summed E-state index contributed by atoms with van der Waals surface area (Å²) in [5.74, 6) is -0.237. The Hall–Kier alpha value is -2.28. The summed E-state index contributed by atoms with van der Waals surface area (Å²) in [6.45, 7) is -2.93. The molecule has 0 spiro atoms. The fourth-order valence-electron chi connectivity index (χ4n) is 1.82. The Kier molecular flexibility index (Phi) is 3.19. The monoisotopic (exact) mass is 296 g/mol. The van der Waals surface area contributed by atoms with Crippen molar-refractivity contribution in [3.63, 3.8) is 0 Å². The molecule has 3 aromatic rings. The predicted molar refractivity (Wildman–Crippen MR) is 68.8 cm³/mol. The van der Waals surface area contributed by atoms with E-state index in [9.17, 15) is 8.78 Å². The van der Waals surface area contributed by atoms with Gasteiger partial charge in [0.2, 0.25) is 5.88 Å². The highest BCUT2D eigenvalue weighted by molar-refractivity contribution is 6.35. The molecule has 0 saturated carbocycles. The third-order valence-corrected chi connectivity index (χ3v) is 2.95. The zero-order valence-electron chi connectivity index (χ0n) is 9.85. The number of aromatic amines is 1. The van der Waals surface area contributed by atoms with Crippen molar-refractivity contribution in [3.05, 3.63) is 35.9 Å². The first-order chi connectivity index (χ1) is 9.65. The number of nitrogens with one attached hydrogen (secondary N) is 1. The zero-order chi connectivity index (χ0) is 14.1. The highest BCUT2D eigenvalue weighted by Crippen LogP contribution is 2.29. The number of aromatic nitrogens is 4. The van der Waals surface area contributed by atoms with Crippen LogP contribution in [0.4, 0.5) is 8.78 Å². The van der Waals surface area contributed by atoms with Gasteiger partial charge in [0.1, 0.15) is 5.52 Å². The number of hydrogen-bond donors (Lipinski definition) is 1. The van der Waals surface area contributed by atoms with E-state index in [4.69, 9.17) is 11.6 Å². The van der Waals surface area contributed by atoms with E-state index in [0.717, 1.165) is 11.8 Å². The first-order valence-electron chi connectivity index (χ1n) is 5.54. The Morgan fingerprint density at radius 1 is 1.15 bits per heavy atom. The highest BCUT2D eigenvalue weighted by atomic mass is 35.5. The van der Waals surface area contributed by atoms with Gasteiger partial charge in [-0.25, -0.2) is 15.0 Å². The lowest BCUT2D eigenvalue weighted by molar-refractivity contribution is -0.0530. The molecule has 0 aliphatic rings. The minimum Gasteiger partial charge on any atom is -0.415 e. The number of halogens is 3. The van der Waals surface area contributed by atoms with Gasteiger partial charge in [0.25, 0.3) is 0 Å². The van der Waals surface area contributed by atoms with Gasteiger partial charge in [0.05, 0.1) is 35.0 Å². The fourth-order valence-corrected chi connectivity index (χ4v) is 2.03. The predicted octanol–water partition coefficient (Wildman–Crippen LogP) is 3.27. The van der Waals surface area contributed by atoms with E-state index >= 15 is 0 Å². The number of alkyl halides is 2. The zero-order valence-corrected chi connectivity index (χ0v) is 10.6. The van der Waals surface area contributed by atoms with Gasteiger partial charge in [-0.2, -0.15) is 8.78 Å². The summed E-state index contributed by atoms with van der Waals surface area (Å²) in [5, 5.41) is 0.510. The van der Waals surface area contributed by atoms with E-state index in [1.54, 1.807) is 12.1 Å². The summed E-state index contributed by atoms with van der Waals surface area (Å²) < 4.78 is 28.2. The normalized spacial score (nSPS) is 11.2. The summed E-state index contributed by atoms with van der Waals surface area (Å²) in [6.07, 6.45) is 4.00. The molecule has 0 radical (unpaired) electrons. The van der Waals surface area contributed by atoms with Crippen LogP contribution in [0.3, 0.4) is 0 Å². The van der Waals surface area contributed by atoms with Crippen LogP contribution in [-0.4, -0.2) is 26.5 Å². The minimum absolute atomic E-state index is 0.237. The van der Waals surface area contributed by atoms with Gasteiger partial charge in [-0.1, -0.05) is 11.6 Å². The standard InChI is InChI=1S/C12H7ClF2N4O/c13-7-2-1-6(10-11(7)19-5-18-10)8-3-17-9(4-16-8)20-12(14)15/h1-5,12H,(H,18,19). The van der Waals surface area contributed by atoms with E-state index in [-0.39, 0.29) is 5.88 Å². The Balaban J connectivity index is 2.03. The third kappa shape index (κ3) is 2.27. The molecule has 0 fully saturated rings. The second-order valence-corrected chi connectivity index (χ2v) is 4.25. The molecule has 0 amide bonds. The molecular formula is C12H7ClF2N4O. The summed E-state index contributed by atoms with van der Waals surface area (Å²) in [6, 6.07) is 3.44. The molecule has 2 heterocycles. The third-order valence-electron chi connectivity index (χ3n) is 2.65. The Labute approximate surface area is 116 Å². The second-order valence-electron chi connectivity index (χ2n) is 3.84. The molecule has 0 aliphatic heterocycles. The molecule has 0 unspecified atom stereocenters. The van der Waals surface area contributed by atoms with Crippen molar-refractivity contribution in [3.8, 4) is 17.1 Å². The molecule has 0 bridgehead atoms. The van der Waals surface area contributed by atoms with E-state index in [1.807, 2.05) is 0 Å². The van der Waals surface area contributed by atoms with Crippen molar-refractivity contribution in [1.82, 2.24) is 19.9 Å². The molecule has 5 nitrogen and oxygen atoms in total. The lowest BCUT2D eigenvalue weighted by Gasteiger charge is -2.05. The number of rotatable bonds is 3. The second kappa shape index (κ2) is 5.01. The average molecular weight is 297 g/mol. The van der Waals surface area contributed by atoms with Crippen LogP contribution in [0.1, 0.15) is 0 Å². The van der Waals surface area contributed by atoms with Crippen molar-refractivity contribution in [1.29, 1.82) is 0 Å². The maximum absolute atomic E-state index is 12.0. The van der Waals surface area contributed by atoms with Crippen molar-refractivity contribution < 1.29 is 13.5 Å². The Morgan fingerprint density at radius 3 is 2.70 bits per heavy atom. The SMILES string of the molecule is FC(F)Oc1cnc(-c2ccc(Cl)c3nc[nH]c23)cn1. The van der Waals surface area contributed by atoms with Crippen molar-refractivity contribution in [2.75, 3.05) is 0 Å². The summed E-state index contributed by atoms with van der Waals surface area (Å²) >= 11 is 6.02. The van der Waals surface area contributed by atoms with E-state index in [2.05, 4.69) is 24.7 Å². The largest absolute Gasteiger partial charge is 0.415 e. The molecule has 20 heavy (non-hydrogen) atoms. The van der Waals surface area contributed by atoms with Crippen LogP contribution in [0.2, 0.25) is 5.02 Å². The van der Waals surface area contributed by atoms with Gasteiger partial charge in [-0.3, -0.25) is 0 Å². The molecule has 8 heteroatoms. The maximum atomic E-state index is 12.0. The quantitative estimate of drug-likeness (QED) is 0.805. The number of benzene rings is 1. The first kappa shape index (κ1) is 12.7. The molecular weight excluding hydrogens is 290 g/mol. The van der Waals surface area contributed by atoms with Gasteiger partial charge < -0.3 is 9.72 Å². The van der Waals surface area contributed by atoms with E-state index in [1.165, 1.54) is 12.5 Å². The molecule has 0 aliphatic carbocycles. The molecule has 102 valence electrons. The number of ether oxygens (including phenoxy) is 1. The lowest BCUT2D eigenvalue weighted by atomic mass is 10.1. The minimum atomic E-state index is -2.93. The number of hydrogen-bond acceptors (Lipinski definition) is 4. The van der Waals surface area contributed by atoms with Crippen LogP contribution in [0.15, 0.2) is 30.9 Å². The van der Waals surface area contributed by atoms with E-state index in [0.29, 0.717) is 21.7 Å². The lowest BCUT2D eigenvalue weighted by Crippen LogP contribution is -2.04. The van der Waals surface area contributed by atoms with Gasteiger partial charge >= 0.3 is 6.61 Å². The van der Waals surface area contributed by atoms with Gasteiger partial charge in [0, 0.05) is 5.56 Å². The molecule has 1 N–H and O–H groups in total. The molecule has 0 atom stereocenters. The summed E-state index contributed by atoms with van der Waals surface area (Å²) in [5.41, 5.74) is 2.53. The van der Waals surface area contributed by atoms with Crippen LogP contribution >= 0.6 is 11.6 Å². The maximum Gasteiger partial charge on any atom is 0.388 e. The van der Waals surface area contributed by atoms with Crippen molar-refractivity contribution >= 4 is 22.6 Å². The Morgan fingerprint density at radius 2 is 2.00 bits per heavy atom. The summed E-state index contributed by atoms with van der Waals surface area (Å²) in [7, 11) is 0. The Bertz CT molecular complexity index is 745. The van der Waals surface area contributed by atoms with Gasteiger partial charge in [-0.15, -0.1) is 0 Å². The number of nitrogens with zero attached hydrogens (tertiary/aromatic N) is 3. The molecule has 0 saturated heterocycles. The van der Waals surface area contributed by atoms with Crippen LogP contribution in [0.25, 0.3) is 22.3 Å². The number of imidazole rings is 1. The van der Waals surface area contributed by atoms with Crippen molar-refractivity contribution in [2.45, 2.75) is 6.61 Å². The molecule has 1 aromatic carbocycles. The molecule has 3 rings (SSSR count). The van der Waals surface area contributed by atoms with Crippen LogP contribution in [0, 0.1) is 0 Å².